The number of aromatic nitrogens is 3. The van der Waals surface area contributed by atoms with Gasteiger partial charge in [-0.1, -0.05) is 0 Å². The SMILES string of the molecule is COc1cc(C=O)c(OCN2C=C(c3ccnn3C(C)C)N=CC2)cn1. The Balaban J connectivity index is 1.73. The van der Waals surface area contributed by atoms with Gasteiger partial charge in [0.05, 0.1) is 31.1 Å². The summed E-state index contributed by atoms with van der Waals surface area (Å²) in [5, 5.41) is 4.34. The summed E-state index contributed by atoms with van der Waals surface area (Å²) < 4.78 is 12.7. The van der Waals surface area contributed by atoms with Gasteiger partial charge in [-0.3, -0.25) is 14.5 Å². The summed E-state index contributed by atoms with van der Waals surface area (Å²) in [6, 6.07) is 3.72. The van der Waals surface area contributed by atoms with Crippen LogP contribution in [0.1, 0.15) is 35.9 Å². The van der Waals surface area contributed by atoms with E-state index >= 15 is 0 Å². The van der Waals surface area contributed by atoms with Crippen LogP contribution in [0.3, 0.4) is 0 Å². The van der Waals surface area contributed by atoms with Crippen molar-refractivity contribution in [3.63, 3.8) is 0 Å². The second-order valence-corrected chi connectivity index (χ2v) is 6.01. The van der Waals surface area contributed by atoms with Gasteiger partial charge < -0.3 is 14.4 Å². The second kappa shape index (κ2) is 7.81. The third kappa shape index (κ3) is 3.74. The topological polar surface area (TPSA) is 81.8 Å². The van der Waals surface area contributed by atoms with Crippen LogP contribution >= 0.6 is 0 Å². The van der Waals surface area contributed by atoms with Gasteiger partial charge in [-0.15, -0.1) is 0 Å². The molecule has 0 radical (unpaired) electrons. The van der Waals surface area contributed by atoms with Crippen LogP contribution in [0.5, 0.6) is 11.6 Å². The van der Waals surface area contributed by atoms with Gasteiger partial charge >= 0.3 is 0 Å². The molecule has 2 aromatic rings. The van der Waals surface area contributed by atoms with E-state index in [4.69, 9.17) is 9.47 Å². The first-order valence-electron chi connectivity index (χ1n) is 8.26. The summed E-state index contributed by atoms with van der Waals surface area (Å²) >= 11 is 0. The summed E-state index contributed by atoms with van der Waals surface area (Å²) in [6.07, 6.45) is 7.72. The zero-order valence-corrected chi connectivity index (χ0v) is 15.0. The van der Waals surface area contributed by atoms with E-state index in [0.717, 1.165) is 17.7 Å². The van der Waals surface area contributed by atoms with E-state index < -0.39 is 0 Å². The van der Waals surface area contributed by atoms with Crippen molar-refractivity contribution < 1.29 is 14.3 Å². The van der Waals surface area contributed by atoms with Gasteiger partial charge in [-0.05, 0) is 19.9 Å². The molecule has 0 atom stereocenters. The van der Waals surface area contributed by atoms with Crippen LogP contribution in [0, 0.1) is 0 Å². The molecule has 0 N–H and O–H groups in total. The molecule has 8 heteroatoms. The Morgan fingerprint density at radius 2 is 2.23 bits per heavy atom. The molecule has 0 amide bonds. The lowest BCUT2D eigenvalue weighted by Crippen LogP contribution is -2.27. The summed E-state index contributed by atoms with van der Waals surface area (Å²) in [6.45, 7) is 5.02. The van der Waals surface area contributed by atoms with Crippen molar-refractivity contribution in [2.75, 3.05) is 20.4 Å². The Hall–Kier alpha value is -3.16. The van der Waals surface area contributed by atoms with Crippen molar-refractivity contribution in [1.29, 1.82) is 0 Å². The lowest BCUT2D eigenvalue weighted by Gasteiger charge is -2.23. The minimum Gasteiger partial charge on any atom is -0.481 e. The van der Waals surface area contributed by atoms with Crippen molar-refractivity contribution in [2.24, 2.45) is 4.99 Å². The molecule has 136 valence electrons. The minimum atomic E-state index is 0.239. The summed E-state index contributed by atoms with van der Waals surface area (Å²) in [7, 11) is 1.50. The molecule has 0 saturated heterocycles. The highest BCUT2D eigenvalue weighted by Crippen LogP contribution is 2.23. The van der Waals surface area contributed by atoms with Crippen LogP contribution in [0.4, 0.5) is 0 Å². The third-order valence-electron chi connectivity index (χ3n) is 3.87. The number of rotatable bonds is 7. The average Bonchev–Trinajstić information content (AvgIpc) is 3.16. The number of pyridine rings is 1. The Labute approximate surface area is 151 Å². The number of methoxy groups -OCH3 is 1. The Morgan fingerprint density at radius 1 is 1.38 bits per heavy atom. The molecule has 8 nitrogen and oxygen atoms in total. The highest BCUT2D eigenvalue weighted by atomic mass is 16.5. The molecule has 0 saturated carbocycles. The van der Waals surface area contributed by atoms with Crippen LogP contribution < -0.4 is 9.47 Å². The Bertz CT molecular complexity index is 841. The quantitative estimate of drug-likeness (QED) is 0.710. The molecular weight excluding hydrogens is 334 g/mol. The summed E-state index contributed by atoms with van der Waals surface area (Å²) in [5.41, 5.74) is 2.15. The predicted molar refractivity (Wildman–Crippen MR) is 97.5 cm³/mol. The van der Waals surface area contributed by atoms with Crippen LogP contribution in [0.15, 0.2) is 35.7 Å². The van der Waals surface area contributed by atoms with E-state index in [1.54, 1.807) is 12.3 Å². The second-order valence-electron chi connectivity index (χ2n) is 6.01. The van der Waals surface area contributed by atoms with E-state index in [2.05, 4.69) is 28.9 Å². The van der Waals surface area contributed by atoms with E-state index in [1.807, 2.05) is 28.1 Å². The van der Waals surface area contributed by atoms with Crippen LogP contribution in [0.2, 0.25) is 0 Å². The first-order valence-corrected chi connectivity index (χ1v) is 8.26. The number of hydrogen-bond acceptors (Lipinski definition) is 7. The Kier molecular flexibility index (Phi) is 5.31. The van der Waals surface area contributed by atoms with E-state index in [1.165, 1.54) is 13.3 Å². The first-order chi connectivity index (χ1) is 12.6. The van der Waals surface area contributed by atoms with E-state index in [9.17, 15) is 4.79 Å². The zero-order valence-electron chi connectivity index (χ0n) is 15.0. The van der Waals surface area contributed by atoms with Gasteiger partial charge in [0.25, 0.3) is 0 Å². The molecule has 26 heavy (non-hydrogen) atoms. The standard InChI is InChI=1S/C18H21N5O3/c1-13(2)23-16(4-5-21-23)15-10-22(7-6-19-15)12-26-17-9-20-18(25-3)8-14(17)11-24/h4-6,8-11,13H,7,12H2,1-3H3. The number of aldehydes is 1. The molecule has 0 fully saturated rings. The van der Waals surface area contributed by atoms with Crippen molar-refractivity contribution in [3.05, 3.63) is 42.0 Å². The average molecular weight is 355 g/mol. The first kappa shape index (κ1) is 17.7. The fourth-order valence-corrected chi connectivity index (χ4v) is 2.57. The molecule has 1 aliphatic rings. The highest BCUT2D eigenvalue weighted by molar-refractivity contribution is 5.79. The number of carbonyl (C=O) groups is 1. The number of hydrogen-bond donors (Lipinski definition) is 0. The lowest BCUT2D eigenvalue weighted by atomic mass is 10.2. The lowest BCUT2D eigenvalue weighted by molar-refractivity contribution is 0.111. The fourth-order valence-electron chi connectivity index (χ4n) is 2.57. The Morgan fingerprint density at radius 3 is 2.96 bits per heavy atom. The molecule has 0 aromatic carbocycles. The fraction of sp³-hybridized carbons (Fsp3) is 0.333. The number of nitrogens with zero attached hydrogens (tertiary/aromatic N) is 5. The molecule has 2 aromatic heterocycles. The van der Waals surface area contributed by atoms with Gasteiger partial charge in [0.15, 0.2) is 18.8 Å². The smallest absolute Gasteiger partial charge is 0.213 e. The van der Waals surface area contributed by atoms with Gasteiger partial charge in [0.1, 0.15) is 5.70 Å². The minimum absolute atomic E-state index is 0.239. The monoisotopic (exact) mass is 355 g/mol. The summed E-state index contributed by atoms with van der Waals surface area (Å²) in [4.78, 5) is 21.7. The summed E-state index contributed by atoms with van der Waals surface area (Å²) in [5.74, 6) is 0.777. The largest absolute Gasteiger partial charge is 0.481 e. The molecule has 0 aliphatic carbocycles. The number of aliphatic imine (C=N–C) groups is 1. The number of carbonyl (C=O) groups excluding carboxylic acids is 1. The van der Waals surface area contributed by atoms with Crippen molar-refractivity contribution in [2.45, 2.75) is 19.9 Å². The highest BCUT2D eigenvalue weighted by Gasteiger charge is 2.15. The maximum absolute atomic E-state index is 11.2. The predicted octanol–water partition coefficient (Wildman–Crippen LogP) is 2.40. The van der Waals surface area contributed by atoms with Crippen molar-refractivity contribution in [1.82, 2.24) is 19.7 Å². The van der Waals surface area contributed by atoms with E-state index in [0.29, 0.717) is 23.7 Å². The molecule has 0 unspecified atom stereocenters. The van der Waals surface area contributed by atoms with E-state index in [-0.39, 0.29) is 12.8 Å². The molecule has 0 spiro atoms. The van der Waals surface area contributed by atoms with Crippen molar-refractivity contribution >= 4 is 18.2 Å². The van der Waals surface area contributed by atoms with Crippen LogP contribution in [-0.2, 0) is 0 Å². The van der Waals surface area contributed by atoms with Gasteiger partial charge in [0.2, 0.25) is 5.88 Å². The van der Waals surface area contributed by atoms with Crippen molar-refractivity contribution in [3.8, 4) is 11.6 Å². The molecule has 1 aliphatic heterocycles. The zero-order chi connectivity index (χ0) is 18.5. The molecule has 0 bridgehead atoms. The van der Waals surface area contributed by atoms with Gasteiger partial charge in [-0.25, -0.2) is 4.98 Å². The normalized spacial score (nSPS) is 13.7. The molecular formula is C18H21N5O3. The molecule has 3 heterocycles. The van der Waals surface area contributed by atoms with Gasteiger partial charge in [-0.2, -0.15) is 5.10 Å². The van der Waals surface area contributed by atoms with Gasteiger partial charge in [0, 0.05) is 30.7 Å². The molecule has 3 rings (SSSR count). The van der Waals surface area contributed by atoms with Crippen LogP contribution in [-0.4, -0.2) is 52.6 Å². The third-order valence-corrected chi connectivity index (χ3v) is 3.87. The maximum atomic E-state index is 11.2. The number of ether oxygens (including phenoxy) is 2. The van der Waals surface area contributed by atoms with Crippen LogP contribution in [0.25, 0.3) is 5.70 Å². The maximum Gasteiger partial charge on any atom is 0.213 e.